The molecule has 160 valence electrons. The molecule has 3 rings (SSSR count). The molecule has 1 N–H and O–H groups in total. The number of ketones is 1. The summed E-state index contributed by atoms with van der Waals surface area (Å²) in [6.45, 7) is 4.32. The van der Waals surface area contributed by atoms with Gasteiger partial charge in [0, 0.05) is 13.0 Å². The van der Waals surface area contributed by atoms with Gasteiger partial charge in [-0.05, 0) is 61.6 Å². The third-order valence-corrected chi connectivity index (χ3v) is 5.95. The van der Waals surface area contributed by atoms with Crippen LogP contribution in [0.2, 0.25) is 0 Å². The van der Waals surface area contributed by atoms with Gasteiger partial charge >= 0.3 is 5.97 Å². The van der Waals surface area contributed by atoms with Crippen molar-refractivity contribution >= 4 is 11.8 Å². The zero-order valence-electron chi connectivity index (χ0n) is 17.6. The number of carboxylic acid groups (broad SMARTS) is 1. The molecule has 1 saturated heterocycles. The average Bonchev–Trinajstić information content (AvgIpc) is 2.78. The fourth-order valence-electron chi connectivity index (χ4n) is 4.20. The monoisotopic (exact) mass is 409 g/mol. The Hall–Kier alpha value is -2.66. The molecular weight excluding hydrogens is 378 g/mol. The van der Waals surface area contributed by atoms with Crippen LogP contribution >= 0.6 is 0 Å². The van der Waals surface area contributed by atoms with Gasteiger partial charge in [0.05, 0.1) is 11.6 Å². The van der Waals surface area contributed by atoms with E-state index in [0.29, 0.717) is 13.0 Å². The second kappa shape index (κ2) is 10.9. The van der Waals surface area contributed by atoms with Crippen LogP contribution in [-0.4, -0.2) is 47.5 Å². The number of carbonyl (C=O) groups is 2. The number of hydrogen-bond acceptors (Lipinski definition) is 4. The lowest BCUT2D eigenvalue weighted by Crippen LogP contribution is -2.46. The highest BCUT2D eigenvalue weighted by molar-refractivity contribution is 5.87. The zero-order valence-corrected chi connectivity index (χ0v) is 17.6. The molecule has 0 radical (unpaired) electrons. The summed E-state index contributed by atoms with van der Waals surface area (Å²) in [7, 11) is 0. The number of nitrogens with zero attached hydrogens (tertiary/aromatic N) is 1. The van der Waals surface area contributed by atoms with E-state index in [-0.39, 0.29) is 23.3 Å². The van der Waals surface area contributed by atoms with Crippen molar-refractivity contribution in [2.75, 3.05) is 19.7 Å². The number of carbonyl (C=O) groups excluding carboxylic acids is 1. The fraction of sp³-hybridized carbons (Fsp3) is 0.440. The molecule has 0 aromatic heterocycles. The van der Waals surface area contributed by atoms with Crippen LogP contribution in [0.15, 0.2) is 54.6 Å². The van der Waals surface area contributed by atoms with Crippen molar-refractivity contribution in [3.05, 3.63) is 65.7 Å². The van der Waals surface area contributed by atoms with Gasteiger partial charge in [0.2, 0.25) is 0 Å². The van der Waals surface area contributed by atoms with Crippen molar-refractivity contribution in [3.8, 4) is 5.75 Å². The quantitative estimate of drug-likeness (QED) is 0.612. The summed E-state index contributed by atoms with van der Waals surface area (Å²) in [6.07, 6.45) is 4.43. The number of aromatic carboxylic acids is 1. The minimum absolute atomic E-state index is 0.0505. The molecule has 2 aromatic carbocycles. The second-order valence-corrected chi connectivity index (χ2v) is 7.91. The van der Waals surface area contributed by atoms with Gasteiger partial charge in [0.25, 0.3) is 0 Å². The number of Topliss-reactive ketones (excluding diaryl/α,β-unsaturated/α-hetero) is 1. The zero-order chi connectivity index (χ0) is 21.3. The topological polar surface area (TPSA) is 66.8 Å². The lowest BCUT2D eigenvalue weighted by atomic mass is 9.87. The summed E-state index contributed by atoms with van der Waals surface area (Å²) in [6, 6.07) is 16.6. The van der Waals surface area contributed by atoms with Gasteiger partial charge in [-0.2, -0.15) is 0 Å². The standard InChI is InChI=1S/C25H31NO4/c1-2-19(20-11-13-21(14-12-20)25(28)29)18-24(27)23-10-6-7-15-26(23)16-17-30-22-8-4-3-5-9-22/h3-5,8-9,11-14,19,23H,2,6-7,10,15-18H2,1H3,(H,28,29)/t19-,23-/m1/s1. The van der Waals surface area contributed by atoms with E-state index in [4.69, 9.17) is 9.84 Å². The SMILES string of the molecule is CC[C@H](CC(=O)[C@H]1CCCCN1CCOc1ccccc1)c1ccc(C(=O)O)cc1. The van der Waals surface area contributed by atoms with Crippen molar-refractivity contribution < 1.29 is 19.4 Å². The molecule has 1 aliphatic rings. The minimum Gasteiger partial charge on any atom is -0.492 e. The van der Waals surface area contributed by atoms with Crippen LogP contribution in [0.5, 0.6) is 5.75 Å². The van der Waals surface area contributed by atoms with E-state index in [9.17, 15) is 9.59 Å². The number of likely N-dealkylation sites (tertiary alicyclic amines) is 1. The van der Waals surface area contributed by atoms with E-state index in [1.165, 1.54) is 0 Å². The van der Waals surface area contributed by atoms with E-state index >= 15 is 0 Å². The molecule has 2 aromatic rings. The highest BCUT2D eigenvalue weighted by atomic mass is 16.5. The lowest BCUT2D eigenvalue weighted by molar-refractivity contribution is -0.126. The summed E-state index contributed by atoms with van der Waals surface area (Å²) in [5, 5.41) is 9.09. The molecule has 0 saturated carbocycles. The van der Waals surface area contributed by atoms with Crippen LogP contribution < -0.4 is 4.74 Å². The first-order chi connectivity index (χ1) is 14.6. The van der Waals surface area contributed by atoms with E-state index < -0.39 is 5.97 Å². The highest BCUT2D eigenvalue weighted by Crippen LogP contribution is 2.27. The normalized spacial score (nSPS) is 18.0. The predicted molar refractivity (Wildman–Crippen MR) is 117 cm³/mol. The van der Waals surface area contributed by atoms with Crippen LogP contribution in [-0.2, 0) is 4.79 Å². The summed E-state index contributed by atoms with van der Waals surface area (Å²) in [5.74, 6) is 0.322. The Morgan fingerprint density at radius 2 is 1.83 bits per heavy atom. The Bertz CT molecular complexity index is 819. The summed E-state index contributed by atoms with van der Waals surface area (Å²) >= 11 is 0. The van der Waals surface area contributed by atoms with Crippen molar-refractivity contribution in [2.24, 2.45) is 0 Å². The van der Waals surface area contributed by atoms with Gasteiger partial charge in [0.1, 0.15) is 12.4 Å². The average molecular weight is 410 g/mol. The van der Waals surface area contributed by atoms with Gasteiger partial charge in [-0.1, -0.05) is 43.7 Å². The fourth-order valence-corrected chi connectivity index (χ4v) is 4.20. The Kier molecular flexibility index (Phi) is 8.03. The van der Waals surface area contributed by atoms with Gasteiger partial charge in [-0.15, -0.1) is 0 Å². The van der Waals surface area contributed by atoms with E-state index in [1.54, 1.807) is 12.1 Å². The van der Waals surface area contributed by atoms with E-state index in [0.717, 1.165) is 50.1 Å². The van der Waals surface area contributed by atoms with Crippen molar-refractivity contribution in [3.63, 3.8) is 0 Å². The molecule has 0 amide bonds. The molecule has 1 fully saturated rings. The lowest BCUT2D eigenvalue weighted by Gasteiger charge is -2.35. The van der Waals surface area contributed by atoms with Crippen molar-refractivity contribution in [1.29, 1.82) is 0 Å². The Morgan fingerprint density at radius 3 is 2.50 bits per heavy atom. The third kappa shape index (κ3) is 5.92. The maximum atomic E-state index is 13.2. The van der Waals surface area contributed by atoms with Crippen LogP contribution in [0.3, 0.4) is 0 Å². The maximum absolute atomic E-state index is 13.2. The molecule has 1 aliphatic heterocycles. The smallest absolute Gasteiger partial charge is 0.335 e. The number of carboxylic acids is 1. The number of para-hydroxylation sites is 1. The Labute approximate surface area is 178 Å². The first-order valence-electron chi connectivity index (χ1n) is 10.9. The van der Waals surface area contributed by atoms with Crippen molar-refractivity contribution in [1.82, 2.24) is 4.90 Å². The van der Waals surface area contributed by atoms with Gasteiger partial charge in [-0.25, -0.2) is 4.79 Å². The molecule has 0 spiro atoms. The predicted octanol–water partition coefficient (Wildman–Crippen LogP) is 4.77. The van der Waals surface area contributed by atoms with Gasteiger partial charge < -0.3 is 9.84 Å². The number of piperidine rings is 1. The molecule has 5 nitrogen and oxygen atoms in total. The molecule has 0 bridgehead atoms. The van der Waals surface area contributed by atoms with Gasteiger partial charge in [0.15, 0.2) is 5.78 Å². The second-order valence-electron chi connectivity index (χ2n) is 7.91. The molecule has 1 heterocycles. The molecule has 5 heteroatoms. The number of ether oxygens (including phenoxy) is 1. The van der Waals surface area contributed by atoms with E-state index in [2.05, 4.69) is 11.8 Å². The number of benzene rings is 2. The Morgan fingerprint density at radius 1 is 1.10 bits per heavy atom. The van der Waals surface area contributed by atoms with Crippen LogP contribution in [0, 0.1) is 0 Å². The molecule has 2 atom stereocenters. The summed E-state index contributed by atoms with van der Waals surface area (Å²) in [5.41, 5.74) is 1.31. The van der Waals surface area contributed by atoms with Crippen LogP contribution in [0.1, 0.15) is 60.9 Å². The van der Waals surface area contributed by atoms with E-state index in [1.807, 2.05) is 42.5 Å². The maximum Gasteiger partial charge on any atom is 0.335 e. The molecule has 0 unspecified atom stereocenters. The number of rotatable bonds is 10. The summed E-state index contributed by atoms with van der Waals surface area (Å²) in [4.78, 5) is 26.5. The molecular formula is C25H31NO4. The Balaban J connectivity index is 1.58. The molecule has 30 heavy (non-hydrogen) atoms. The largest absolute Gasteiger partial charge is 0.492 e. The van der Waals surface area contributed by atoms with Crippen molar-refractivity contribution in [2.45, 2.75) is 51.0 Å². The first-order valence-corrected chi connectivity index (χ1v) is 10.9. The van der Waals surface area contributed by atoms with Crippen LogP contribution in [0.25, 0.3) is 0 Å². The first kappa shape index (κ1) is 22.0. The van der Waals surface area contributed by atoms with Gasteiger partial charge in [-0.3, -0.25) is 9.69 Å². The number of hydrogen-bond donors (Lipinski definition) is 1. The van der Waals surface area contributed by atoms with Crippen LogP contribution in [0.4, 0.5) is 0 Å². The third-order valence-electron chi connectivity index (χ3n) is 5.95. The minimum atomic E-state index is -0.929. The molecule has 0 aliphatic carbocycles. The summed E-state index contributed by atoms with van der Waals surface area (Å²) < 4.78 is 5.84. The highest BCUT2D eigenvalue weighted by Gasteiger charge is 2.30.